The van der Waals surface area contributed by atoms with Crippen molar-refractivity contribution in [1.29, 1.82) is 0 Å². The minimum Gasteiger partial charge on any atom is -0.496 e. The van der Waals surface area contributed by atoms with Crippen molar-refractivity contribution >= 4 is 0 Å². The molecular formula is C13H23NO2. The average Bonchev–Trinajstić information content (AvgIpc) is 2.83. The SMILES string of the molecule is CCNC(CC1CCCCO1)C1=CCCO1. The highest BCUT2D eigenvalue weighted by molar-refractivity contribution is 5.07. The summed E-state index contributed by atoms with van der Waals surface area (Å²) < 4.78 is 11.4. The summed E-state index contributed by atoms with van der Waals surface area (Å²) in [7, 11) is 0. The number of rotatable bonds is 5. The van der Waals surface area contributed by atoms with Crippen LogP contribution in [0.1, 0.15) is 39.0 Å². The number of hydrogen-bond donors (Lipinski definition) is 1. The summed E-state index contributed by atoms with van der Waals surface area (Å²) in [6, 6.07) is 0.357. The largest absolute Gasteiger partial charge is 0.496 e. The Morgan fingerprint density at radius 2 is 2.38 bits per heavy atom. The predicted molar refractivity (Wildman–Crippen MR) is 64.3 cm³/mol. The molecule has 2 aliphatic heterocycles. The predicted octanol–water partition coefficient (Wildman–Crippen LogP) is 2.23. The molecule has 2 unspecified atom stereocenters. The molecule has 1 N–H and O–H groups in total. The van der Waals surface area contributed by atoms with Gasteiger partial charge in [0.15, 0.2) is 0 Å². The van der Waals surface area contributed by atoms with Crippen LogP contribution in [0.5, 0.6) is 0 Å². The molecule has 2 rings (SSSR count). The van der Waals surface area contributed by atoms with Crippen LogP contribution in [0.25, 0.3) is 0 Å². The third-order valence-electron chi connectivity index (χ3n) is 3.30. The van der Waals surface area contributed by atoms with E-state index in [1.165, 1.54) is 19.3 Å². The molecule has 92 valence electrons. The molecule has 16 heavy (non-hydrogen) atoms. The van der Waals surface area contributed by atoms with Crippen LogP contribution in [-0.4, -0.2) is 31.9 Å². The Labute approximate surface area is 98.2 Å². The Balaban J connectivity index is 1.85. The molecule has 0 aromatic rings. The van der Waals surface area contributed by atoms with Crippen LogP contribution in [-0.2, 0) is 9.47 Å². The molecule has 0 aromatic carbocycles. The van der Waals surface area contributed by atoms with Crippen LogP contribution in [0.15, 0.2) is 11.8 Å². The van der Waals surface area contributed by atoms with E-state index in [0.717, 1.165) is 38.4 Å². The van der Waals surface area contributed by atoms with Crippen molar-refractivity contribution in [2.75, 3.05) is 19.8 Å². The van der Waals surface area contributed by atoms with Gasteiger partial charge in [-0.15, -0.1) is 0 Å². The van der Waals surface area contributed by atoms with Gasteiger partial charge in [-0.3, -0.25) is 0 Å². The van der Waals surface area contributed by atoms with E-state index in [-0.39, 0.29) is 0 Å². The second kappa shape index (κ2) is 6.26. The van der Waals surface area contributed by atoms with E-state index in [4.69, 9.17) is 9.47 Å². The number of ether oxygens (including phenoxy) is 2. The van der Waals surface area contributed by atoms with Crippen molar-refractivity contribution in [2.24, 2.45) is 0 Å². The van der Waals surface area contributed by atoms with Crippen molar-refractivity contribution in [3.05, 3.63) is 11.8 Å². The van der Waals surface area contributed by atoms with E-state index >= 15 is 0 Å². The first-order valence-electron chi connectivity index (χ1n) is 6.58. The maximum atomic E-state index is 5.79. The summed E-state index contributed by atoms with van der Waals surface area (Å²) in [4.78, 5) is 0. The summed E-state index contributed by atoms with van der Waals surface area (Å²) in [5.41, 5.74) is 0. The van der Waals surface area contributed by atoms with E-state index < -0.39 is 0 Å². The Morgan fingerprint density at radius 1 is 1.44 bits per heavy atom. The van der Waals surface area contributed by atoms with Crippen LogP contribution < -0.4 is 5.32 Å². The molecule has 0 saturated carbocycles. The van der Waals surface area contributed by atoms with Crippen molar-refractivity contribution in [2.45, 2.75) is 51.2 Å². The smallest absolute Gasteiger partial charge is 0.109 e. The van der Waals surface area contributed by atoms with Gasteiger partial charge in [0.2, 0.25) is 0 Å². The zero-order valence-electron chi connectivity index (χ0n) is 10.2. The van der Waals surface area contributed by atoms with E-state index in [2.05, 4.69) is 18.3 Å². The van der Waals surface area contributed by atoms with Gasteiger partial charge in [0.05, 0.1) is 18.8 Å². The third kappa shape index (κ3) is 3.22. The van der Waals surface area contributed by atoms with Gasteiger partial charge in [-0.2, -0.15) is 0 Å². The quantitative estimate of drug-likeness (QED) is 0.778. The Kier molecular flexibility index (Phi) is 4.67. The maximum absolute atomic E-state index is 5.79. The molecule has 3 nitrogen and oxygen atoms in total. The molecule has 0 aliphatic carbocycles. The highest BCUT2D eigenvalue weighted by atomic mass is 16.5. The molecule has 0 amide bonds. The molecule has 3 heteroatoms. The van der Waals surface area contributed by atoms with Crippen molar-refractivity contribution in [3.63, 3.8) is 0 Å². The molecule has 0 spiro atoms. The normalized spacial score (nSPS) is 27.3. The van der Waals surface area contributed by atoms with E-state index in [9.17, 15) is 0 Å². The molecule has 1 fully saturated rings. The molecule has 2 heterocycles. The van der Waals surface area contributed by atoms with E-state index in [0.29, 0.717) is 12.1 Å². The fourth-order valence-electron chi connectivity index (χ4n) is 2.48. The zero-order valence-corrected chi connectivity index (χ0v) is 10.2. The minimum atomic E-state index is 0.357. The lowest BCUT2D eigenvalue weighted by molar-refractivity contribution is 0.00422. The van der Waals surface area contributed by atoms with Crippen LogP contribution >= 0.6 is 0 Å². The second-order valence-corrected chi connectivity index (χ2v) is 4.58. The second-order valence-electron chi connectivity index (χ2n) is 4.58. The van der Waals surface area contributed by atoms with Gasteiger partial charge in [0.1, 0.15) is 5.76 Å². The number of nitrogens with one attached hydrogen (secondary N) is 1. The summed E-state index contributed by atoms with van der Waals surface area (Å²) in [5, 5.41) is 3.50. The Bertz CT molecular complexity index is 234. The van der Waals surface area contributed by atoms with Gasteiger partial charge >= 0.3 is 0 Å². The summed E-state index contributed by atoms with van der Waals surface area (Å²) in [6.07, 6.45) is 8.49. The molecule has 0 bridgehead atoms. The molecule has 1 saturated heterocycles. The monoisotopic (exact) mass is 225 g/mol. The lowest BCUT2D eigenvalue weighted by Crippen LogP contribution is -2.36. The molecule has 2 atom stereocenters. The Morgan fingerprint density at radius 3 is 3.00 bits per heavy atom. The number of hydrogen-bond acceptors (Lipinski definition) is 3. The molecule has 0 aromatic heterocycles. The summed E-state index contributed by atoms with van der Waals surface area (Å²) >= 11 is 0. The van der Waals surface area contributed by atoms with Gasteiger partial charge in [0.25, 0.3) is 0 Å². The van der Waals surface area contributed by atoms with Crippen LogP contribution in [0.4, 0.5) is 0 Å². The van der Waals surface area contributed by atoms with Gasteiger partial charge in [0, 0.05) is 13.0 Å². The van der Waals surface area contributed by atoms with Gasteiger partial charge in [-0.1, -0.05) is 6.92 Å². The molecule has 2 aliphatic rings. The maximum Gasteiger partial charge on any atom is 0.109 e. The standard InChI is InChI=1S/C13H23NO2/c1-2-14-12(13-7-5-9-16-13)10-11-6-3-4-8-15-11/h7,11-12,14H,2-6,8-10H2,1H3. The van der Waals surface area contributed by atoms with Crippen molar-refractivity contribution in [3.8, 4) is 0 Å². The van der Waals surface area contributed by atoms with Gasteiger partial charge in [-0.25, -0.2) is 0 Å². The zero-order chi connectivity index (χ0) is 11.2. The van der Waals surface area contributed by atoms with Crippen molar-refractivity contribution < 1.29 is 9.47 Å². The lowest BCUT2D eigenvalue weighted by Gasteiger charge is -2.27. The van der Waals surface area contributed by atoms with E-state index in [1.54, 1.807) is 0 Å². The Hall–Kier alpha value is -0.540. The highest BCUT2D eigenvalue weighted by Gasteiger charge is 2.23. The van der Waals surface area contributed by atoms with Gasteiger partial charge < -0.3 is 14.8 Å². The van der Waals surface area contributed by atoms with Crippen molar-refractivity contribution in [1.82, 2.24) is 5.32 Å². The van der Waals surface area contributed by atoms with Gasteiger partial charge in [-0.05, 0) is 38.3 Å². The highest BCUT2D eigenvalue weighted by Crippen LogP contribution is 2.22. The summed E-state index contributed by atoms with van der Waals surface area (Å²) in [5.74, 6) is 1.14. The molecular weight excluding hydrogens is 202 g/mol. The van der Waals surface area contributed by atoms with Crippen LogP contribution in [0, 0.1) is 0 Å². The first kappa shape index (κ1) is 11.9. The van der Waals surface area contributed by atoms with E-state index in [1.807, 2.05) is 0 Å². The number of likely N-dealkylation sites (N-methyl/N-ethyl adjacent to an activating group) is 1. The first-order chi connectivity index (χ1) is 7.90. The fraction of sp³-hybridized carbons (Fsp3) is 0.846. The summed E-state index contributed by atoms with van der Waals surface area (Å²) in [6.45, 7) is 4.91. The molecule has 0 radical (unpaired) electrons. The minimum absolute atomic E-state index is 0.357. The third-order valence-corrected chi connectivity index (χ3v) is 3.30. The lowest BCUT2D eigenvalue weighted by atomic mass is 10.0. The van der Waals surface area contributed by atoms with Crippen LogP contribution in [0.2, 0.25) is 0 Å². The average molecular weight is 225 g/mol. The van der Waals surface area contributed by atoms with Crippen LogP contribution in [0.3, 0.4) is 0 Å². The fourth-order valence-corrected chi connectivity index (χ4v) is 2.48. The topological polar surface area (TPSA) is 30.5 Å². The first-order valence-corrected chi connectivity index (χ1v) is 6.58.